The van der Waals surface area contributed by atoms with Crippen LogP contribution >= 0.6 is 11.8 Å². The van der Waals surface area contributed by atoms with Crippen molar-refractivity contribution in [2.24, 2.45) is 5.73 Å². The predicted molar refractivity (Wildman–Crippen MR) is 65.5 cm³/mol. The maximum Gasteiger partial charge on any atom is 0.323 e. The van der Waals surface area contributed by atoms with Crippen molar-refractivity contribution in [2.75, 3.05) is 25.2 Å². The second kappa shape index (κ2) is 7.92. The molecular formula is C11H21NO3S. The molecule has 2 N–H and O–H groups in total. The number of nitrogens with two attached hydrogens (primary N) is 1. The molecule has 1 saturated heterocycles. The van der Waals surface area contributed by atoms with Gasteiger partial charge in [-0.2, -0.15) is 11.8 Å². The molecule has 2 atom stereocenters. The Morgan fingerprint density at radius 1 is 1.62 bits per heavy atom. The molecule has 0 aromatic carbocycles. The summed E-state index contributed by atoms with van der Waals surface area (Å²) in [4.78, 5) is 11.5. The van der Waals surface area contributed by atoms with E-state index in [1.54, 1.807) is 11.8 Å². The molecule has 94 valence electrons. The first-order chi connectivity index (χ1) is 7.74. The Hall–Kier alpha value is -0.260. The van der Waals surface area contributed by atoms with Crippen LogP contribution in [-0.2, 0) is 14.3 Å². The van der Waals surface area contributed by atoms with Crippen molar-refractivity contribution in [3.8, 4) is 0 Å². The molecule has 1 aliphatic rings. The number of hydrogen-bond donors (Lipinski definition) is 1. The third-order valence-corrected chi connectivity index (χ3v) is 3.27. The molecule has 1 rings (SSSR count). The quantitative estimate of drug-likeness (QED) is 0.714. The monoisotopic (exact) mass is 247 g/mol. The van der Waals surface area contributed by atoms with Gasteiger partial charge in [-0.15, -0.1) is 0 Å². The van der Waals surface area contributed by atoms with E-state index in [1.165, 1.54) is 0 Å². The van der Waals surface area contributed by atoms with E-state index in [9.17, 15) is 4.79 Å². The number of thioether (sulfide) groups is 1. The largest absolute Gasteiger partial charge is 0.462 e. The molecule has 0 saturated carbocycles. The number of ether oxygens (including phenoxy) is 2. The van der Waals surface area contributed by atoms with E-state index in [-0.39, 0.29) is 12.1 Å². The molecule has 0 radical (unpaired) electrons. The highest BCUT2D eigenvalue weighted by Gasteiger charge is 2.19. The molecule has 0 aliphatic carbocycles. The lowest BCUT2D eigenvalue weighted by molar-refractivity contribution is -0.150. The van der Waals surface area contributed by atoms with Gasteiger partial charge in [-0.25, -0.2) is 0 Å². The molecule has 0 aromatic rings. The van der Waals surface area contributed by atoms with Crippen molar-refractivity contribution < 1.29 is 14.3 Å². The second-order valence-electron chi connectivity index (χ2n) is 4.01. The highest BCUT2D eigenvalue weighted by molar-refractivity contribution is 7.98. The number of carbonyl (C=O) groups excluding carboxylic acids is 1. The third-order valence-electron chi connectivity index (χ3n) is 2.62. The van der Waals surface area contributed by atoms with Crippen LogP contribution < -0.4 is 5.73 Å². The molecule has 4 nitrogen and oxygen atoms in total. The van der Waals surface area contributed by atoms with E-state index in [4.69, 9.17) is 15.2 Å². The summed E-state index contributed by atoms with van der Waals surface area (Å²) in [6.45, 7) is 1.13. The number of carbonyl (C=O) groups is 1. The normalized spacial score (nSPS) is 22.8. The first-order valence-electron chi connectivity index (χ1n) is 5.76. The van der Waals surface area contributed by atoms with Crippen molar-refractivity contribution >= 4 is 17.7 Å². The Labute approximate surface area is 101 Å². The Bertz CT molecular complexity index is 207. The smallest absolute Gasteiger partial charge is 0.323 e. The third kappa shape index (κ3) is 5.18. The molecule has 1 heterocycles. The molecule has 0 spiro atoms. The summed E-state index contributed by atoms with van der Waals surface area (Å²) in [6.07, 6.45) is 5.98. The molecule has 5 heteroatoms. The van der Waals surface area contributed by atoms with Gasteiger partial charge in [-0.1, -0.05) is 0 Å². The van der Waals surface area contributed by atoms with Crippen LogP contribution in [0, 0.1) is 0 Å². The molecule has 1 fully saturated rings. The van der Waals surface area contributed by atoms with Crippen LogP contribution in [0.1, 0.15) is 25.7 Å². The summed E-state index contributed by atoms with van der Waals surface area (Å²) in [6, 6.07) is -0.490. The maximum absolute atomic E-state index is 11.5. The summed E-state index contributed by atoms with van der Waals surface area (Å²) >= 11 is 1.68. The first kappa shape index (κ1) is 13.8. The lowest BCUT2D eigenvalue weighted by Crippen LogP contribution is -2.35. The van der Waals surface area contributed by atoms with E-state index in [1.807, 2.05) is 6.26 Å². The lowest BCUT2D eigenvalue weighted by Gasteiger charge is -2.22. The number of esters is 1. The van der Waals surface area contributed by atoms with Gasteiger partial charge in [-0.3, -0.25) is 4.79 Å². The summed E-state index contributed by atoms with van der Waals surface area (Å²) < 4.78 is 10.6. The fraction of sp³-hybridized carbons (Fsp3) is 0.909. The zero-order valence-electron chi connectivity index (χ0n) is 9.81. The van der Waals surface area contributed by atoms with Crippen LogP contribution in [0.4, 0.5) is 0 Å². The molecule has 0 amide bonds. The van der Waals surface area contributed by atoms with Crippen LogP contribution in [0.25, 0.3) is 0 Å². The number of rotatable bonds is 6. The summed E-state index contributed by atoms with van der Waals surface area (Å²) in [5.41, 5.74) is 5.69. The van der Waals surface area contributed by atoms with Crippen molar-refractivity contribution in [1.82, 2.24) is 0 Å². The van der Waals surface area contributed by atoms with E-state index < -0.39 is 6.04 Å². The maximum atomic E-state index is 11.5. The molecule has 0 bridgehead atoms. The van der Waals surface area contributed by atoms with Crippen LogP contribution in [-0.4, -0.2) is 43.3 Å². The minimum Gasteiger partial charge on any atom is -0.462 e. The zero-order chi connectivity index (χ0) is 11.8. The van der Waals surface area contributed by atoms with Crippen molar-refractivity contribution in [2.45, 2.75) is 37.8 Å². The molecule has 0 aromatic heterocycles. The van der Waals surface area contributed by atoms with Crippen LogP contribution in [0.15, 0.2) is 0 Å². The Morgan fingerprint density at radius 3 is 3.06 bits per heavy atom. The summed E-state index contributed by atoms with van der Waals surface area (Å²) in [5, 5.41) is 0. The summed E-state index contributed by atoms with van der Waals surface area (Å²) in [7, 11) is 0. The van der Waals surface area contributed by atoms with Gasteiger partial charge in [0.05, 0.1) is 6.10 Å². The van der Waals surface area contributed by atoms with E-state index in [0.717, 1.165) is 31.6 Å². The first-order valence-corrected chi connectivity index (χ1v) is 7.16. The van der Waals surface area contributed by atoms with Crippen molar-refractivity contribution in [1.29, 1.82) is 0 Å². The predicted octanol–water partition coefficient (Wildman–Crippen LogP) is 1.18. The fourth-order valence-electron chi connectivity index (χ4n) is 1.58. The van der Waals surface area contributed by atoms with Crippen molar-refractivity contribution in [3.05, 3.63) is 0 Å². The van der Waals surface area contributed by atoms with Gasteiger partial charge < -0.3 is 15.2 Å². The van der Waals surface area contributed by atoms with Crippen molar-refractivity contribution in [3.63, 3.8) is 0 Å². The van der Waals surface area contributed by atoms with Crippen LogP contribution in [0.5, 0.6) is 0 Å². The Morgan fingerprint density at radius 2 is 2.44 bits per heavy atom. The highest BCUT2D eigenvalue weighted by atomic mass is 32.2. The highest BCUT2D eigenvalue weighted by Crippen LogP contribution is 2.13. The van der Waals surface area contributed by atoms with Crippen LogP contribution in [0.3, 0.4) is 0 Å². The molecule has 16 heavy (non-hydrogen) atoms. The van der Waals surface area contributed by atoms with Gasteiger partial charge in [-0.05, 0) is 37.7 Å². The molecule has 1 aliphatic heterocycles. The van der Waals surface area contributed by atoms with Gasteiger partial charge in [0.15, 0.2) is 0 Å². The molecular weight excluding hydrogens is 226 g/mol. The van der Waals surface area contributed by atoms with E-state index >= 15 is 0 Å². The summed E-state index contributed by atoms with van der Waals surface area (Å²) in [5.74, 6) is 0.583. The van der Waals surface area contributed by atoms with Gasteiger partial charge in [0.25, 0.3) is 0 Å². The average molecular weight is 247 g/mol. The van der Waals surface area contributed by atoms with Crippen LogP contribution in [0.2, 0.25) is 0 Å². The Balaban J connectivity index is 2.12. The Kier molecular flexibility index (Phi) is 6.84. The van der Waals surface area contributed by atoms with E-state index in [2.05, 4.69) is 0 Å². The van der Waals surface area contributed by atoms with Gasteiger partial charge >= 0.3 is 5.97 Å². The number of hydrogen-bond acceptors (Lipinski definition) is 5. The standard InChI is InChI=1S/C11H21NO3S/c1-16-7-5-10(12)11(13)15-8-9-4-2-3-6-14-9/h9-10H,2-8,12H2,1H3. The fourth-order valence-corrected chi connectivity index (χ4v) is 2.07. The second-order valence-corrected chi connectivity index (χ2v) is 4.99. The average Bonchev–Trinajstić information content (AvgIpc) is 2.34. The van der Waals surface area contributed by atoms with Gasteiger partial charge in [0.2, 0.25) is 0 Å². The minimum absolute atomic E-state index is 0.0745. The van der Waals surface area contributed by atoms with E-state index in [0.29, 0.717) is 13.0 Å². The minimum atomic E-state index is -0.490. The zero-order valence-corrected chi connectivity index (χ0v) is 10.6. The van der Waals surface area contributed by atoms with Gasteiger partial charge in [0.1, 0.15) is 12.6 Å². The topological polar surface area (TPSA) is 61.6 Å². The van der Waals surface area contributed by atoms with Gasteiger partial charge in [0, 0.05) is 6.61 Å². The SMILES string of the molecule is CSCCC(N)C(=O)OCC1CCCCO1. The molecule has 2 unspecified atom stereocenters. The lowest BCUT2D eigenvalue weighted by atomic mass is 10.1.